The second kappa shape index (κ2) is 11.5. The zero-order valence-corrected chi connectivity index (χ0v) is 20.6. The number of morpholine rings is 1. The molecule has 0 radical (unpaired) electrons. The van der Waals surface area contributed by atoms with Gasteiger partial charge in [0.1, 0.15) is 5.83 Å². The van der Waals surface area contributed by atoms with E-state index >= 15 is 4.39 Å². The lowest BCUT2D eigenvalue weighted by Crippen LogP contribution is -2.43. The van der Waals surface area contributed by atoms with Gasteiger partial charge in [-0.3, -0.25) is 9.88 Å². The molecule has 1 aliphatic heterocycles. The van der Waals surface area contributed by atoms with Gasteiger partial charge in [-0.25, -0.2) is 9.38 Å². The van der Waals surface area contributed by atoms with E-state index in [0.717, 1.165) is 55.6 Å². The van der Waals surface area contributed by atoms with Crippen molar-refractivity contribution in [2.24, 2.45) is 10.7 Å². The highest BCUT2D eigenvalue weighted by molar-refractivity contribution is 5.89. The van der Waals surface area contributed by atoms with Crippen LogP contribution in [-0.4, -0.2) is 41.5 Å². The van der Waals surface area contributed by atoms with Gasteiger partial charge in [0.2, 0.25) is 0 Å². The van der Waals surface area contributed by atoms with Crippen LogP contribution in [0.15, 0.2) is 47.5 Å². The molecule has 3 rings (SSSR count). The maximum Gasteiger partial charge on any atom is 0.148 e. The molecule has 1 saturated heterocycles. The quantitative estimate of drug-likeness (QED) is 0.305. The number of aliphatic imine (C=N–C) groups is 1. The summed E-state index contributed by atoms with van der Waals surface area (Å²) in [5.41, 5.74) is 10.4. The first kappa shape index (κ1) is 25.1. The van der Waals surface area contributed by atoms with Crippen LogP contribution in [0.25, 0.3) is 16.5 Å². The minimum atomic E-state index is -0.384. The number of unbranched alkanes of at least 4 members (excludes halogenated alkanes) is 1. The van der Waals surface area contributed by atoms with Crippen molar-refractivity contribution in [3.63, 3.8) is 0 Å². The fraction of sp³-hybridized carbons (Fsp3) is 0.481. The van der Waals surface area contributed by atoms with E-state index in [2.05, 4.69) is 43.7 Å². The fourth-order valence-electron chi connectivity index (χ4n) is 4.31. The number of amidine groups is 1. The largest absolute Gasteiger partial charge is 0.387 e. The van der Waals surface area contributed by atoms with E-state index in [1.165, 1.54) is 17.3 Å². The van der Waals surface area contributed by atoms with Crippen molar-refractivity contribution < 1.29 is 9.13 Å². The fourth-order valence-corrected chi connectivity index (χ4v) is 4.31. The number of nitrogens with zero attached hydrogens (tertiary/aromatic N) is 3. The summed E-state index contributed by atoms with van der Waals surface area (Å²) >= 11 is 0. The number of hydrogen-bond acceptors (Lipinski definition) is 4. The molecule has 1 atom stereocenters. The first-order chi connectivity index (χ1) is 15.8. The number of allylic oxidation sites excluding steroid dienone is 3. The molecule has 6 heteroatoms. The third kappa shape index (κ3) is 6.27. The second-order valence-electron chi connectivity index (χ2n) is 9.13. The number of benzene rings is 1. The Morgan fingerprint density at radius 1 is 1.39 bits per heavy atom. The van der Waals surface area contributed by atoms with Crippen LogP contribution in [0.3, 0.4) is 0 Å². The van der Waals surface area contributed by atoms with Crippen LogP contribution in [0.4, 0.5) is 4.39 Å². The Labute approximate surface area is 197 Å². The zero-order valence-electron chi connectivity index (χ0n) is 20.6. The van der Waals surface area contributed by atoms with Crippen molar-refractivity contribution in [2.75, 3.05) is 19.8 Å². The average Bonchev–Trinajstić information content (AvgIpc) is 2.78. The van der Waals surface area contributed by atoms with Gasteiger partial charge in [-0.2, -0.15) is 0 Å². The predicted octanol–water partition coefficient (Wildman–Crippen LogP) is 5.95. The number of aromatic nitrogens is 1. The predicted molar refractivity (Wildman–Crippen MR) is 136 cm³/mol. The number of ether oxygens (including phenoxy) is 1. The Balaban J connectivity index is 2.09. The number of halogens is 1. The summed E-state index contributed by atoms with van der Waals surface area (Å²) in [7, 11) is 0. The molecule has 1 aromatic carbocycles. The lowest BCUT2D eigenvalue weighted by Gasteiger charge is -2.34. The molecule has 1 aliphatic rings. The van der Waals surface area contributed by atoms with Crippen molar-refractivity contribution in [3.05, 3.63) is 59.2 Å². The monoisotopic (exact) mass is 452 g/mol. The van der Waals surface area contributed by atoms with E-state index in [9.17, 15) is 0 Å². The summed E-state index contributed by atoms with van der Waals surface area (Å²) < 4.78 is 20.7. The molecular formula is C27H37FN4O. The second-order valence-corrected chi connectivity index (χ2v) is 9.13. The van der Waals surface area contributed by atoms with E-state index in [-0.39, 0.29) is 5.83 Å². The molecule has 0 aliphatic carbocycles. The van der Waals surface area contributed by atoms with Crippen molar-refractivity contribution in [1.29, 1.82) is 0 Å². The molecule has 2 aromatic rings. The third-order valence-electron chi connectivity index (χ3n) is 6.04. The summed E-state index contributed by atoms with van der Waals surface area (Å²) in [5, 5.41) is 1.08. The molecule has 1 unspecified atom stereocenters. The molecule has 0 saturated carbocycles. The third-order valence-corrected chi connectivity index (χ3v) is 6.04. The van der Waals surface area contributed by atoms with Crippen LogP contribution in [-0.2, 0) is 11.3 Å². The summed E-state index contributed by atoms with van der Waals surface area (Å²) in [6.45, 7) is 13.6. The van der Waals surface area contributed by atoms with Crippen LogP contribution in [0.2, 0.25) is 0 Å². The Morgan fingerprint density at radius 2 is 2.18 bits per heavy atom. The number of pyridine rings is 1. The number of fused-ring (bicyclic) bond motifs is 1. The molecule has 5 nitrogen and oxygen atoms in total. The summed E-state index contributed by atoms with van der Waals surface area (Å²) in [4.78, 5) is 11.2. The SMILES string of the molecule is CCC/C=C(/C(F)=C\N=C(C)N)c1ccc2ncc(CN3CCOCC3C)c(C(C)C)c2c1. The molecule has 2 N–H and O–H groups in total. The van der Waals surface area contributed by atoms with Gasteiger partial charge in [-0.1, -0.05) is 39.3 Å². The average molecular weight is 453 g/mol. The van der Waals surface area contributed by atoms with Crippen molar-refractivity contribution in [3.8, 4) is 0 Å². The first-order valence-corrected chi connectivity index (χ1v) is 11.9. The summed E-state index contributed by atoms with van der Waals surface area (Å²) in [6, 6.07) is 6.38. The summed E-state index contributed by atoms with van der Waals surface area (Å²) in [5.74, 6) is 0.252. The first-order valence-electron chi connectivity index (χ1n) is 11.9. The Hall–Kier alpha value is -2.57. The molecule has 33 heavy (non-hydrogen) atoms. The standard InChI is InChI=1S/C27H37FN4O/c1-6-7-8-23(25(28)15-30-20(5)29)21-9-10-26-24(13-21)27(18(2)3)22(14-31-26)16-32-11-12-33-17-19(32)4/h8-10,13-15,18-19H,6-7,11-12,16-17H2,1-5H3,(H2,29,30)/b23-8+,25-15+. The molecule has 0 spiro atoms. The molecule has 178 valence electrons. The maximum absolute atomic E-state index is 15.1. The lowest BCUT2D eigenvalue weighted by atomic mass is 9.91. The van der Waals surface area contributed by atoms with Crippen molar-refractivity contribution in [2.45, 2.75) is 66.0 Å². The molecule has 1 fully saturated rings. The smallest absolute Gasteiger partial charge is 0.148 e. The van der Waals surface area contributed by atoms with Crippen LogP contribution in [0.1, 0.15) is 70.1 Å². The minimum absolute atomic E-state index is 0.310. The van der Waals surface area contributed by atoms with Crippen LogP contribution in [0, 0.1) is 0 Å². The minimum Gasteiger partial charge on any atom is -0.387 e. The highest BCUT2D eigenvalue weighted by Crippen LogP contribution is 2.33. The van der Waals surface area contributed by atoms with E-state index < -0.39 is 0 Å². The number of nitrogens with two attached hydrogens (primary N) is 1. The van der Waals surface area contributed by atoms with E-state index in [1.807, 2.05) is 24.4 Å². The summed E-state index contributed by atoms with van der Waals surface area (Å²) in [6.07, 6.45) is 6.87. The lowest BCUT2D eigenvalue weighted by molar-refractivity contribution is -0.00451. The zero-order chi connectivity index (χ0) is 24.0. The Bertz CT molecular complexity index is 1050. The van der Waals surface area contributed by atoms with Crippen LogP contribution < -0.4 is 5.73 Å². The molecular weight excluding hydrogens is 415 g/mol. The van der Waals surface area contributed by atoms with Gasteiger partial charge in [0.05, 0.1) is 30.8 Å². The van der Waals surface area contributed by atoms with Gasteiger partial charge < -0.3 is 10.5 Å². The van der Waals surface area contributed by atoms with Crippen molar-refractivity contribution in [1.82, 2.24) is 9.88 Å². The van der Waals surface area contributed by atoms with Gasteiger partial charge in [0.15, 0.2) is 0 Å². The van der Waals surface area contributed by atoms with E-state index in [0.29, 0.717) is 23.4 Å². The maximum atomic E-state index is 15.1. The Morgan fingerprint density at radius 3 is 2.85 bits per heavy atom. The van der Waals surface area contributed by atoms with Crippen LogP contribution >= 0.6 is 0 Å². The molecule has 0 bridgehead atoms. The Kier molecular flexibility index (Phi) is 8.75. The van der Waals surface area contributed by atoms with Gasteiger partial charge in [-0.05, 0) is 55.0 Å². The highest BCUT2D eigenvalue weighted by atomic mass is 19.1. The number of hydrogen-bond donors (Lipinski definition) is 1. The van der Waals surface area contributed by atoms with Gasteiger partial charge in [-0.15, -0.1) is 0 Å². The normalized spacial score (nSPS) is 19.0. The topological polar surface area (TPSA) is 63.7 Å². The van der Waals surface area contributed by atoms with Crippen LogP contribution in [0.5, 0.6) is 0 Å². The van der Waals surface area contributed by atoms with Gasteiger partial charge >= 0.3 is 0 Å². The van der Waals surface area contributed by atoms with Crippen molar-refractivity contribution >= 4 is 22.3 Å². The highest BCUT2D eigenvalue weighted by Gasteiger charge is 2.22. The molecule has 1 aromatic heterocycles. The van der Waals surface area contributed by atoms with Gasteiger partial charge in [0.25, 0.3) is 0 Å². The van der Waals surface area contributed by atoms with Gasteiger partial charge in [0, 0.05) is 36.3 Å². The van der Waals surface area contributed by atoms with E-state index in [1.54, 1.807) is 6.92 Å². The van der Waals surface area contributed by atoms with E-state index in [4.69, 9.17) is 15.5 Å². The molecule has 2 heterocycles. The molecule has 0 amide bonds. The number of rotatable bonds is 8.